The second kappa shape index (κ2) is 3.81. The summed E-state index contributed by atoms with van der Waals surface area (Å²) in [5.41, 5.74) is 2.22. The van der Waals surface area contributed by atoms with E-state index in [0.29, 0.717) is 0 Å². The second-order valence-corrected chi connectivity index (χ2v) is 3.40. The van der Waals surface area contributed by atoms with Gasteiger partial charge in [0.25, 0.3) is 0 Å². The Kier molecular flexibility index (Phi) is 2.98. The summed E-state index contributed by atoms with van der Waals surface area (Å²) in [5, 5.41) is 1.04. The van der Waals surface area contributed by atoms with Crippen LogP contribution in [0.2, 0.25) is 0 Å². The van der Waals surface area contributed by atoms with Crippen molar-refractivity contribution in [2.45, 2.75) is 18.9 Å². The molecular formula is C9H13NOS. The first-order valence-corrected chi connectivity index (χ1v) is 4.97. The van der Waals surface area contributed by atoms with Crippen molar-refractivity contribution in [3.05, 3.63) is 17.3 Å². The van der Waals surface area contributed by atoms with Gasteiger partial charge in [0, 0.05) is 17.3 Å². The number of aryl methyl sites for hydroxylation is 1. The highest BCUT2D eigenvalue weighted by atomic mass is 32.2. The average Bonchev–Trinajstić information content (AvgIpc) is 2.06. The number of methoxy groups -OCH3 is 1. The molecule has 0 aliphatic heterocycles. The fourth-order valence-electron chi connectivity index (χ4n) is 1.22. The number of ether oxygens (including phenoxy) is 1. The van der Waals surface area contributed by atoms with E-state index in [0.717, 1.165) is 21.9 Å². The van der Waals surface area contributed by atoms with Gasteiger partial charge in [0.1, 0.15) is 10.8 Å². The van der Waals surface area contributed by atoms with E-state index in [1.165, 1.54) is 0 Å². The number of pyridine rings is 1. The predicted octanol–water partition coefficient (Wildman–Crippen LogP) is 2.43. The third kappa shape index (κ3) is 1.55. The molecule has 1 aromatic heterocycles. The number of aromatic nitrogens is 1. The van der Waals surface area contributed by atoms with Gasteiger partial charge in [0.2, 0.25) is 0 Å². The van der Waals surface area contributed by atoms with Gasteiger partial charge in [0.15, 0.2) is 0 Å². The number of nitrogens with zero attached hydrogens (tertiary/aromatic N) is 1. The van der Waals surface area contributed by atoms with Crippen LogP contribution in [0.4, 0.5) is 0 Å². The summed E-state index contributed by atoms with van der Waals surface area (Å²) in [4.78, 5) is 4.29. The van der Waals surface area contributed by atoms with Crippen LogP contribution in [0.25, 0.3) is 0 Å². The van der Waals surface area contributed by atoms with Crippen LogP contribution >= 0.6 is 11.8 Å². The van der Waals surface area contributed by atoms with Crippen LogP contribution in [0.3, 0.4) is 0 Å². The minimum Gasteiger partial charge on any atom is -0.496 e. The molecule has 0 aromatic carbocycles. The van der Waals surface area contributed by atoms with Crippen molar-refractivity contribution >= 4 is 11.8 Å². The van der Waals surface area contributed by atoms with Crippen molar-refractivity contribution in [2.24, 2.45) is 0 Å². The first-order valence-electron chi connectivity index (χ1n) is 3.75. The smallest absolute Gasteiger partial charge is 0.128 e. The van der Waals surface area contributed by atoms with Gasteiger partial charge >= 0.3 is 0 Å². The number of hydrogen-bond acceptors (Lipinski definition) is 3. The Morgan fingerprint density at radius 1 is 1.42 bits per heavy atom. The summed E-state index contributed by atoms with van der Waals surface area (Å²) in [7, 11) is 1.69. The van der Waals surface area contributed by atoms with E-state index in [1.54, 1.807) is 18.9 Å². The van der Waals surface area contributed by atoms with Crippen molar-refractivity contribution in [1.82, 2.24) is 4.98 Å². The van der Waals surface area contributed by atoms with E-state index >= 15 is 0 Å². The number of hydrogen-bond donors (Lipinski definition) is 0. The summed E-state index contributed by atoms with van der Waals surface area (Å²) >= 11 is 1.64. The molecule has 3 heteroatoms. The summed E-state index contributed by atoms with van der Waals surface area (Å²) in [6, 6.07) is 0. The lowest BCUT2D eigenvalue weighted by Gasteiger charge is -2.09. The van der Waals surface area contributed by atoms with Crippen molar-refractivity contribution < 1.29 is 4.74 Å². The lowest BCUT2D eigenvalue weighted by Crippen LogP contribution is -1.94. The van der Waals surface area contributed by atoms with Gasteiger partial charge < -0.3 is 4.74 Å². The lowest BCUT2D eigenvalue weighted by molar-refractivity contribution is 0.406. The molecule has 0 fully saturated rings. The first-order chi connectivity index (χ1) is 5.70. The first kappa shape index (κ1) is 9.39. The Morgan fingerprint density at radius 3 is 2.58 bits per heavy atom. The van der Waals surface area contributed by atoms with Crippen molar-refractivity contribution in [1.29, 1.82) is 0 Å². The molecule has 0 saturated carbocycles. The van der Waals surface area contributed by atoms with Crippen LogP contribution in [-0.2, 0) is 0 Å². The average molecular weight is 183 g/mol. The molecule has 66 valence electrons. The zero-order valence-electron chi connectivity index (χ0n) is 7.84. The van der Waals surface area contributed by atoms with E-state index < -0.39 is 0 Å². The molecule has 1 rings (SSSR count). The Bertz CT molecular complexity index is 286. The zero-order valence-corrected chi connectivity index (χ0v) is 8.66. The van der Waals surface area contributed by atoms with Crippen molar-refractivity contribution in [2.75, 3.05) is 13.4 Å². The summed E-state index contributed by atoms with van der Waals surface area (Å²) in [6.07, 6.45) is 3.86. The van der Waals surface area contributed by atoms with Crippen molar-refractivity contribution in [3.8, 4) is 5.75 Å². The molecule has 0 N–H and O–H groups in total. The summed E-state index contributed by atoms with van der Waals surface area (Å²) < 4.78 is 5.26. The molecular weight excluding hydrogens is 170 g/mol. The molecule has 1 heterocycles. The van der Waals surface area contributed by atoms with Crippen LogP contribution in [0.15, 0.2) is 11.2 Å². The normalized spacial score (nSPS) is 10.0. The highest BCUT2D eigenvalue weighted by Gasteiger charge is 2.07. The maximum absolute atomic E-state index is 5.26. The van der Waals surface area contributed by atoms with Crippen LogP contribution in [0, 0.1) is 13.8 Å². The number of rotatable bonds is 2. The molecule has 0 atom stereocenters. The SMILES string of the molecule is COc1c(C)cnc(SC)c1C. The fourth-order valence-corrected chi connectivity index (χ4v) is 1.78. The maximum Gasteiger partial charge on any atom is 0.128 e. The molecule has 0 saturated heterocycles. The lowest BCUT2D eigenvalue weighted by atomic mass is 10.2. The van der Waals surface area contributed by atoms with Gasteiger partial charge in [-0.3, -0.25) is 0 Å². The van der Waals surface area contributed by atoms with Gasteiger partial charge in [-0.1, -0.05) is 0 Å². The monoisotopic (exact) mass is 183 g/mol. The minimum atomic E-state index is 0.953. The fraction of sp³-hybridized carbons (Fsp3) is 0.444. The Hall–Kier alpha value is -0.700. The van der Waals surface area contributed by atoms with E-state index in [4.69, 9.17) is 4.74 Å². The van der Waals surface area contributed by atoms with Crippen LogP contribution in [0.1, 0.15) is 11.1 Å². The zero-order chi connectivity index (χ0) is 9.14. The molecule has 1 aromatic rings. The van der Waals surface area contributed by atoms with E-state index in [2.05, 4.69) is 4.98 Å². The van der Waals surface area contributed by atoms with Gasteiger partial charge in [-0.25, -0.2) is 4.98 Å². The second-order valence-electron chi connectivity index (χ2n) is 2.61. The van der Waals surface area contributed by atoms with E-state index in [1.807, 2.05) is 26.3 Å². The topological polar surface area (TPSA) is 22.1 Å². The maximum atomic E-state index is 5.26. The quantitative estimate of drug-likeness (QED) is 0.657. The Balaban J connectivity index is 3.24. The third-order valence-corrected chi connectivity index (χ3v) is 2.59. The predicted molar refractivity (Wildman–Crippen MR) is 52.0 cm³/mol. The van der Waals surface area contributed by atoms with Crippen molar-refractivity contribution in [3.63, 3.8) is 0 Å². The number of thioether (sulfide) groups is 1. The molecule has 0 unspecified atom stereocenters. The molecule has 0 radical (unpaired) electrons. The van der Waals surface area contributed by atoms with Crippen LogP contribution in [-0.4, -0.2) is 18.3 Å². The minimum absolute atomic E-state index is 0.953. The van der Waals surface area contributed by atoms with Gasteiger partial charge in [-0.2, -0.15) is 0 Å². The van der Waals surface area contributed by atoms with Crippen LogP contribution in [0.5, 0.6) is 5.75 Å². The third-order valence-electron chi connectivity index (χ3n) is 1.79. The highest BCUT2D eigenvalue weighted by molar-refractivity contribution is 7.98. The van der Waals surface area contributed by atoms with Gasteiger partial charge in [0.05, 0.1) is 7.11 Å². The molecule has 2 nitrogen and oxygen atoms in total. The van der Waals surface area contributed by atoms with Gasteiger partial charge in [-0.05, 0) is 20.1 Å². The largest absolute Gasteiger partial charge is 0.496 e. The summed E-state index contributed by atoms with van der Waals surface area (Å²) in [5.74, 6) is 0.953. The van der Waals surface area contributed by atoms with E-state index in [9.17, 15) is 0 Å². The molecule has 0 aliphatic rings. The molecule has 0 aliphatic carbocycles. The molecule has 0 spiro atoms. The standard InChI is InChI=1S/C9H13NOS/c1-6-5-10-9(12-4)7(2)8(6)11-3/h5H,1-4H3. The Morgan fingerprint density at radius 2 is 2.08 bits per heavy atom. The molecule has 12 heavy (non-hydrogen) atoms. The van der Waals surface area contributed by atoms with Crippen LogP contribution < -0.4 is 4.74 Å². The summed E-state index contributed by atoms with van der Waals surface area (Å²) in [6.45, 7) is 4.04. The molecule has 0 bridgehead atoms. The highest BCUT2D eigenvalue weighted by Crippen LogP contribution is 2.28. The Labute approximate surface area is 77.3 Å². The molecule has 0 amide bonds. The van der Waals surface area contributed by atoms with Gasteiger partial charge in [-0.15, -0.1) is 11.8 Å². The van der Waals surface area contributed by atoms with E-state index in [-0.39, 0.29) is 0 Å².